The van der Waals surface area contributed by atoms with E-state index in [1.54, 1.807) is 23.1 Å². The van der Waals surface area contributed by atoms with Gasteiger partial charge in [0.05, 0.1) is 38.5 Å². The van der Waals surface area contributed by atoms with E-state index < -0.39 is 0 Å². The van der Waals surface area contributed by atoms with Crippen LogP contribution in [0.4, 0.5) is 0 Å². The fraction of sp³-hybridized carbons (Fsp3) is 0.545. The van der Waals surface area contributed by atoms with Crippen molar-refractivity contribution >= 4 is 50.6 Å². The van der Waals surface area contributed by atoms with Crippen molar-refractivity contribution in [1.29, 1.82) is 0 Å². The van der Waals surface area contributed by atoms with Crippen LogP contribution in [0.5, 0.6) is 0 Å². The van der Waals surface area contributed by atoms with Gasteiger partial charge in [-0.1, -0.05) is 0 Å². The van der Waals surface area contributed by atoms with Gasteiger partial charge >= 0.3 is 5.97 Å². The maximum atomic E-state index is 11.8. The molecular formula is C22H26N4O3S3. The first-order valence-corrected chi connectivity index (χ1v) is 13.6. The molecular weight excluding hydrogens is 464 g/mol. The average Bonchev–Trinajstić information content (AvgIpc) is 3.38. The molecule has 1 saturated heterocycles. The lowest BCUT2D eigenvalue weighted by Crippen LogP contribution is -2.36. The zero-order valence-corrected chi connectivity index (χ0v) is 20.5. The summed E-state index contributed by atoms with van der Waals surface area (Å²) in [6, 6.07) is 0. The molecule has 170 valence electrons. The number of carbonyl (C=O) groups excluding carboxylic acids is 1. The topological polar surface area (TPSA) is 77.4 Å². The number of rotatable bonds is 7. The Hall–Kier alpha value is -1.59. The summed E-state index contributed by atoms with van der Waals surface area (Å²) < 4.78 is 11.4. The lowest BCUT2D eigenvalue weighted by molar-refractivity contribution is -0.142. The van der Waals surface area contributed by atoms with Gasteiger partial charge in [-0.3, -0.25) is 9.69 Å². The van der Waals surface area contributed by atoms with E-state index in [9.17, 15) is 4.79 Å². The monoisotopic (exact) mass is 490 g/mol. The number of carbonyl (C=O) groups is 1. The fourth-order valence-electron chi connectivity index (χ4n) is 4.13. The minimum atomic E-state index is -0.238. The highest BCUT2D eigenvalue weighted by molar-refractivity contribution is 8.01. The summed E-state index contributed by atoms with van der Waals surface area (Å²) in [5.41, 5.74) is 2.18. The van der Waals surface area contributed by atoms with Gasteiger partial charge in [0.1, 0.15) is 15.7 Å². The number of nitrogens with zero attached hydrogens (tertiary/aromatic N) is 4. The molecule has 0 aromatic carbocycles. The maximum absolute atomic E-state index is 11.8. The first-order valence-electron chi connectivity index (χ1n) is 11.1. The molecule has 0 unspecified atom stereocenters. The van der Waals surface area contributed by atoms with Crippen molar-refractivity contribution in [2.75, 3.05) is 32.9 Å². The molecule has 0 amide bonds. The van der Waals surface area contributed by atoms with Crippen LogP contribution in [0.2, 0.25) is 0 Å². The largest absolute Gasteiger partial charge is 0.466 e. The average molecular weight is 491 g/mol. The Bertz CT molecular complexity index is 1110. The summed E-state index contributed by atoms with van der Waals surface area (Å²) in [7, 11) is 0. The number of hydrogen-bond acceptors (Lipinski definition) is 10. The summed E-state index contributed by atoms with van der Waals surface area (Å²) in [5.74, 6) is 0.627. The van der Waals surface area contributed by atoms with Crippen LogP contribution >= 0.6 is 34.4 Å². The number of fused-ring (bicyclic) bond motifs is 3. The molecule has 0 radical (unpaired) electrons. The molecule has 3 aromatic heterocycles. The van der Waals surface area contributed by atoms with E-state index in [1.165, 1.54) is 28.7 Å². The van der Waals surface area contributed by atoms with Gasteiger partial charge in [-0.2, -0.15) is 0 Å². The number of hydrogen-bond donors (Lipinski definition) is 0. The second kappa shape index (κ2) is 10.1. The van der Waals surface area contributed by atoms with Crippen molar-refractivity contribution < 1.29 is 14.3 Å². The smallest absolute Gasteiger partial charge is 0.311 e. The zero-order chi connectivity index (χ0) is 21.9. The standard InChI is InChI=1S/C22H26N4O3S3/c1-2-29-18(27)11-14-13-30-22(23-14)32-21-19-15-5-3-4-6-16(15)31-20(19)24-17(25-21)12-26-7-9-28-10-8-26/h13H,2-12H2,1H3. The molecule has 4 heterocycles. The van der Waals surface area contributed by atoms with Crippen LogP contribution in [-0.2, 0) is 40.1 Å². The van der Waals surface area contributed by atoms with E-state index >= 15 is 0 Å². The number of aryl methyl sites for hydroxylation is 2. The number of ether oxygens (including phenoxy) is 2. The number of esters is 1. The van der Waals surface area contributed by atoms with E-state index in [0.717, 1.165) is 71.4 Å². The Labute approximate surface area is 199 Å². The summed E-state index contributed by atoms with van der Waals surface area (Å²) in [5, 5.41) is 4.15. The molecule has 1 fully saturated rings. The van der Waals surface area contributed by atoms with Gasteiger partial charge in [-0.15, -0.1) is 22.7 Å². The van der Waals surface area contributed by atoms with Gasteiger partial charge < -0.3 is 9.47 Å². The van der Waals surface area contributed by atoms with E-state index in [4.69, 9.17) is 19.4 Å². The van der Waals surface area contributed by atoms with Gasteiger partial charge in [0.15, 0.2) is 4.34 Å². The Morgan fingerprint density at radius 3 is 2.91 bits per heavy atom. The third kappa shape index (κ3) is 4.99. The van der Waals surface area contributed by atoms with Crippen LogP contribution < -0.4 is 0 Å². The summed E-state index contributed by atoms with van der Waals surface area (Å²) in [6.07, 6.45) is 4.92. The molecule has 5 rings (SSSR count). The molecule has 0 N–H and O–H groups in total. The highest BCUT2D eigenvalue weighted by atomic mass is 32.2. The van der Waals surface area contributed by atoms with Crippen LogP contribution in [-0.4, -0.2) is 58.7 Å². The lowest BCUT2D eigenvalue weighted by Gasteiger charge is -2.25. The van der Waals surface area contributed by atoms with Gasteiger partial charge in [-0.05, 0) is 49.9 Å². The van der Waals surface area contributed by atoms with Crippen molar-refractivity contribution in [2.24, 2.45) is 0 Å². The second-order valence-corrected chi connectivity index (χ2v) is 11.1. The van der Waals surface area contributed by atoms with Crippen molar-refractivity contribution in [2.45, 2.75) is 54.9 Å². The quantitative estimate of drug-likeness (QED) is 0.362. The predicted octanol–water partition coefficient (Wildman–Crippen LogP) is 4.12. The Morgan fingerprint density at radius 2 is 2.06 bits per heavy atom. The Morgan fingerprint density at radius 1 is 1.22 bits per heavy atom. The number of thiophene rings is 1. The fourth-order valence-corrected chi connectivity index (χ4v) is 7.39. The molecule has 0 spiro atoms. The van der Waals surface area contributed by atoms with Crippen molar-refractivity contribution in [3.63, 3.8) is 0 Å². The van der Waals surface area contributed by atoms with Crippen LogP contribution in [0.25, 0.3) is 10.2 Å². The zero-order valence-electron chi connectivity index (χ0n) is 18.1. The van der Waals surface area contributed by atoms with E-state index in [0.29, 0.717) is 6.61 Å². The molecule has 0 saturated carbocycles. The third-order valence-corrected chi connectivity index (χ3v) is 8.80. The van der Waals surface area contributed by atoms with Crippen molar-refractivity contribution in [3.8, 4) is 0 Å². The van der Waals surface area contributed by atoms with Crippen molar-refractivity contribution in [1.82, 2.24) is 19.9 Å². The van der Waals surface area contributed by atoms with Crippen LogP contribution in [0.15, 0.2) is 14.7 Å². The minimum absolute atomic E-state index is 0.209. The number of morpholine rings is 1. The highest BCUT2D eigenvalue weighted by Crippen LogP contribution is 2.42. The molecule has 10 heteroatoms. The van der Waals surface area contributed by atoms with Crippen molar-refractivity contribution in [3.05, 3.63) is 27.3 Å². The summed E-state index contributed by atoms with van der Waals surface area (Å²) in [6.45, 7) is 6.29. The van der Waals surface area contributed by atoms with E-state index in [1.807, 2.05) is 23.6 Å². The number of thiazole rings is 1. The molecule has 2 aliphatic rings. The number of aromatic nitrogens is 3. The van der Waals surface area contributed by atoms with Crippen LogP contribution in [0, 0.1) is 0 Å². The molecule has 0 bridgehead atoms. The first kappa shape index (κ1) is 22.2. The molecule has 1 aliphatic heterocycles. The molecule has 0 atom stereocenters. The van der Waals surface area contributed by atoms with Gasteiger partial charge in [-0.25, -0.2) is 15.0 Å². The normalized spacial score (nSPS) is 16.9. The van der Waals surface area contributed by atoms with Gasteiger partial charge in [0.2, 0.25) is 0 Å². The van der Waals surface area contributed by atoms with Gasteiger partial charge in [0, 0.05) is 28.7 Å². The van der Waals surface area contributed by atoms with Crippen LogP contribution in [0.3, 0.4) is 0 Å². The van der Waals surface area contributed by atoms with E-state index in [2.05, 4.69) is 9.88 Å². The highest BCUT2D eigenvalue weighted by Gasteiger charge is 2.23. The Balaban J connectivity index is 1.45. The molecule has 32 heavy (non-hydrogen) atoms. The summed E-state index contributed by atoms with van der Waals surface area (Å²) >= 11 is 4.99. The SMILES string of the molecule is CCOC(=O)Cc1csc(Sc2nc(CN3CCOCC3)nc3sc4c(c23)CCCC4)n1. The lowest BCUT2D eigenvalue weighted by atomic mass is 9.97. The first-order chi connectivity index (χ1) is 15.7. The van der Waals surface area contributed by atoms with Gasteiger partial charge in [0.25, 0.3) is 0 Å². The maximum Gasteiger partial charge on any atom is 0.311 e. The molecule has 1 aliphatic carbocycles. The predicted molar refractivity (Wildman–Crippen MR) is 127 cm³/mol. The van der Waals surface area contributed by atoms with E-state index in [-0.39, 0.29) is 12.4 Å². The Kier molecular flexibility index (Phi) is 7.03. The second-order valence-electron chi connectivity index (χ2n) is 7.91. The summed E-state index contributed by atoms with van der Waals surface area (Å²) in [4.78, 5) is 31.4. The minimum Gasteiger partial charge on any atom is -0.466 e. The molecule has 3 aromatic rings. The molecule has 7 nitrogen and oxygen atoms in total. The van der Waals surface area contributed by atoms with Crippen LogP contribution in [0.1, 0.15) is 41.7 Å². The third-order valence-electron chi connectivity index (χ3n) is 5.64.